The number of nitrogens with one attached hydrogen (secondary N) is 1. The van der Waals surface area contributed by atoms with E-state index in [9.17, 15) is 13.2 Å². The molecule has 2 aromatic rings. The number of aryl methyl sites for hydroxylation is 1. The van der Waals surface area contributed by atoms with Gasteiger partial charge in [0.05, 0.1) is 17.8 Å². The van der Waals surface area contributed by atoms with Crippen molar-refractivity contribution >= 4 is 5.96 Å². The second-order valence-electron chi connectivity index (χ2n) is 6.90. The number of halogens is 3. The molecule has 0 amide bonds. The molecule has 1 aliphatic rings. The molecule has 3 rings (SSSR count). The molecule has 0 unspecified atom stereocenters. The van der Waals surface area contributed by atoms with Gasteiger partial charge in [0.1, 0.15) is 12.4 Å². The zero-order chi connectivity index (χ0) is 21.6. The molecule has 1 fully saturated rings. The second kappa shape index (κ2) is 9.79. The van der Waals surface area contributed by atoms with Gasteiger partial charge in [-0.2, -0.15) is 13.2 Å². The largest absolute Gasteiger partial charge is 0.476 e. The maximum absolute atomic E-state index is 12.5. The van der Waals surface area contributed by atoms with Crippen molar-refractivity contribution in [1.82, 2.24) is 25.3 Å². The van der Waals surface area contributed by atoms with E-state index in [2.05, 4.69) is 30.2 Å². The van der Waals surface area contributed by atoms with E-state index in [0.29, 0.717) is 6.54 Å². The number of hydrogen-bond acceptors (Lipinski definition) is 6. The summed E-state index contributed by atoms with van der Waals surface area (Å²) in [7, 11) is 1.71. The topological polar surface area (TPSA) is 79.0 Å². The fourth-order valence-corrected chi connectivity index (χ4v) is 3.12. The van der Waals surface area contributed by atoms with E-state index in [0.717, 1.165) is 62.4 Å². The first-order valence-electron chi connectivity index (χ1n) is 9.61. The number of alkyl halides is 3. The van der Waals surface area contributed by atoms with Crippen LogP contribution in [0.1, 0.15) is 17.0 Å². The van der Waals surface area contributed by atoms with Gasteiger partial charge in [0.2, 0.25) is 5.88 Å². The third kappa shape index (κ3) is 6.09. The van der Waals surface area contributed by atoms with Crippen molar-refractivity contribution < 1.29 is 22.4 Å². The highest BCUT2D eigenvalue weighted by atomic mass is 19.4. The molecular formula is C19H25F3N6O2. The van der Waals surface area contributed by atoms with Crippen LogP contribution < -0.4 is 10.1 Å². The van der Waals surface area contributed by atoms with E-state index in [1.807, 2.05) is 13.0 Å². The van der Waals surface area contributed by atoms with Crippen LogP contribution in [0.5, 0.6) is 5.88 Å². The standard InChI is InChI=1S/C19H25F3N6O2/c1-14-11-16(26-30-14)13-27-6-8-28(9-7-27)18(23-2)24-5-10-29-17-4-3-15(12-25-17)19(20,21)22/h3-4,11-12H,5-10,13H2,1-2H3,(H,23,24). The Kier molecular flexibility index (Phi) is 7.14. The fourth-order valence-electron chi connectivity index (χ4n) is 3.12. The molecule has 164 valence electrons. The summed E-state index contributed by atoms with van der Waals surface area (Å²) in [6.07, 6.45) is -3.64. The first-order chi connectivity index (χ1) is 14.3. The summed E-state index contributed by atoms with van der Waals surface area (Å²) in [6, 6.07) is 4.11. The average molecular weight is 426 g/mol. The number of piperazine rings is 1. The summed E-state index contributed by atoms with van der Waals surface area (Å²) in [5, 5.41) is 7.24. The van der Waals surface area contributed by atoms with Gasteiger partial charge in [-0.05, 0) is 13.0 Å². The van der Waals surface area contributed by atoms with Crippen LogP contribution in [0.15, 0.2) is 33.9 Å². The number of hydrogen-bond donors (Lipinski definition) is 1. The smallest absolute Gasteiger partial charge is 0.417 e. The van der Waals surface area contributed by atoms with Gasteiger partial charge >= 0.3 is 6.18 Å². The lowest BCUT2D eigenvalue weighted by atomic mass is 10.3. The van der Waals surface area contributed by atoms with Crippen LogP contribution in [0.3, 0.4) is 0 Å². The maximum atomic E-state index is 12.5. The Hall–Kier alpha value is -2.82. The molecule has 0 bridgehead atoms. The Morgan fingerprint density at radius 1 is 1.27 bits per heavy atom. The molecular weight excluding hydrogens is 401 g/mol. The highest BCUT2D eigenvalue weighted by molar-refractivity contribution is 5.80. The van der Waals surface area contributed by atoms with E-state index in [1.54, 1.807) is 7.05 Å². The summed E-state index contributed by atoms with van der Waals surface area (Å²) in [6.45, 7) is 6.72. The number of nitrogens with zero attached hydrogens (tertiary/aromatic N) is 5. The number of ether oxygens (including phenoxy) is 1. The predicted octanol–water partition coefficient (Wildman–Crippen LogP) is 2.17. The van der Waals surface area contributed by atoms with E-state index in [-0.39, 0.29) is 12.5 Å². The lowest BCUT2D eigenvalue weighted by Crippen LogP contribution is -2.52. The minimum absolute atomic E-state index is 0.150. The minimum atomic E-state index is -4.41. The van der Waals surface area contributed by atoms with Crippen LogP contribution in [0.25, 0.3) is 0 Å². The summed E-state index contributed by atoms with van der Waals surface area (Å²) in [5.74, 6) is 1.72. The van der Waals surface area contributed by atoms with Crippen LogP contribution in [0.2, 0.25) is 0 Å². The van der Waals surface area contributed by atoms with E-state index in [4.69, 9.17) is 9.26 Å². The third-order valence-electron chi connectivity index (χ3n) is 4.64. The van der Waals surface area contributed by atoms with Crippen molar-refractivity contribution in [2.45, 2.75) is 19.6 Å². The van der Waals surface area contributed by atoms with E-state index < -0.39 is 11.7 Å². The highest BCUT2D eigenvalue weighted by Crippen LogP contribution is 2.29. The second-order valence-corrected chi connectivity index (χ2v) is 6.90. The molecule has 3 heterocycles. The maximum Gasteiger partial charge on any atom is 0.417 e. The number of aliphatic imine (C=N–C) groups is 1. The van der Waals surface area contributed by atoms with E-state index >= 15 is 0 Å². The summed E-state index contributed by atoms with van der Waals surface area (Å²) < 4.78 is 48.1. The van der Waals surface area contributed by atoms with Crippen LogP contribution in [-0.2, 0) is 12.7 Å². The van der Waals surface area contributed by atoms with Crippen molar-refractivity contribution in [3.05, 3.63) is 41.4 Å². The monoisotopic (exact) mass is 426 g/mol. The molecule has 0 aliphatic carbocycles. The highest BCUT2D eigenvalue weighted by Gasteiger charge is 2.30. The van der Waals surface area contributed by atoms with Crippen molar-refractivity contribution in [3.63, 3.8) is 0 Å². The molecule has 30 heavy (non-hydrogen) atoms. The SMILES string of the molecule is CN=C(NCCOc1ccc(C(F)(F)F)cn1)N1CCN(Cc2cc(C)on2)CC1. The molecule has 0 saturated carbocycles. The van der Waals surface area contributed by atoms with Gasteiger partial charge in [0, 0.05) is 58.1 Å². The molecule has 1 aliphatic heterocycles. The Morgan fingerprint density at radius 2 is 2.03 bits per heavy atom. The molecule has 2 aromatic heterocycles. The lowest BCUT2D eigenvalue weighted by molar-refractivity contribution is -0.137. The number of guanidine groups is 1. The molecule has 0 spiro atoms. The zero-order valence-corrected chi connectivity index (χ0v) is 16.9. The summed E-state index contributed by atoms with van der Waals surface area (Å²) in [5.41, 5.74) is 0.128. The van der Waals surface area contributed by atoms with Gasteiger partial charge < -0.3 is 19.5 Å². The van der Waals surface area contributed by atoms with Crippen molar-refractivity contribution in [3.8, 4) is 5.88 Å². The molecule has 1 N–H and O–H groups in total. The number of rotatable bonds is 6. The summed E-state index contributed by atoms with van der Waals surface area (Å²) >= 11 is 0. The third-order valence-corrected chi connectivity index (χ3v) is 4.64. The van der Waals surface area contributed by atoms with Crippen LogP contribution in [0.4, 0.5) is 13.2 Å². The van der Waals surface area contributed by atoms with Crippen molar-refractivity contribution in [1.29, 1.82) is 0 Å². The fraction of sp³-hybridized carbons (Fsp3) is 0.526. The van der Waals surface area contributed by atoms with Crippen LogP contribution in [-0.4, -0.2) is 72.3 Å². The average Bonchev–Trinajstić information content (AvgIpc) is 3.13. The Balaban J connectivity index is 1.38. The Morgan fingerprint density at radius 3 is 2.60 bits per heavy atom. The normalized spacial score (nSPS) is 16.0. The lowest BCUT2D eigenvalue weighted by Gasteiger charge is -2.36. The first kappa shape index (κ1) is 21.9. The molecule has 11 heteroatoms. The molecule has 0 radical (unpaired) electrons. The van der Waals surface area contributed by atoms with Gasteiger partial charge in [0.15, 0.2) is 5.96 Å². The van der Waals surface area contributed by atoms with Crippen molar-refractivity contribution in [2.75, 3.05) is 46.4 Å². The van der Waals surface area contributed by atoms with Gasteiger partial charge in [-0.15, -0.1) is 0 Å². The molecule has 0 aromatic carbocycles. The number of pyridine rings is 1. The molecule has 8 nitrogen and oxygen atoms in total. The van der Waals surface area contributed by atoms with Gasteiger partial charge in [-0.3, -0.25) is 9.89 Å². The van der Waals surface area contributed by atoms with Gasteiger partial charge in [0.25, 0.3) is 0 Å². The van der Waals surface area contributed by atoms with Crippen LogP contribution in [0, 0.1) is 6.92 Å². The van der Waals surface area contributed by atoms with Gasteiger partial charge in [-0.25, -0.2) is 4.98 Å². The summed E-state index contributed by atoms with van der Waals surface area (Å²) in [4.78, 5) is 12.4. The predicted molar refractivity (Wildman–Crippen MR) is 104 cm³/mol. The number of aromatic nitrogens is 2. The minimum Gasteiger partial charge on any atom is -0.476 e. The Bertz CT molecular complexity index is 830. The molecule has 0 atom stereocenters. The van der Waals surface area contributed by atoms with Gasteiger partial charge in [-0.1, -0.05) is 5.16 Å². The van der Waals surface area contributed by atoms with E-state index in [1.165, 1.54) is 6.07 Å². The Labute approximate surface area is 172 Å². The first-order valence-corrected chi connectivity index (χ1v) is 9.61. The zero-order valence-electron chi connectivity index (χ0n) is 16.9. The molecule has 1 saturated heterocycles. The quantitative estimate of drug-likeness (QED) is 0.431. The van der Waals surface area contributed by atoms with Crippen molar-refractivity contribution in [2.24, 2.45) is 4.99 Å². The van der Waals surface area contributed by atoms with Crippen LogP contribution >= 0.6 is 0 Å².